The van der Waals surface area contributed by atoms with Crippen molar-refractivity contribution in [1.82, 2.24) is 9.21 Å². The number of ether oxygens (including phenoxy) is 2. The van der Waals surface area contributed by atoms with Crippen molar-refractivity contribution in [3.63, 3.8) is 0 Å². The number of halogens is 1. The molecule has 0 radical (unpaired) electrons. The standard InChI is InChI=1S/C15H23ClN2O4S/c1-21-11-3-6-17-7-9-18(10-8-17)23(19,20)13-4-5-15(22-2)14(16)12-13/h4-5,12H,3,6-11H2,1-2H3. The summed E-state index contributed by atoms with van der Waals surface area (Å²) in [5, 5.41) is 0.298. The van der Waals surface area contributed by atoms with E-state index in [1.807, 2.05) is 0 Å². The van der Waals surface area contributed by atoms with Gasteiger partial charge in [0.15, 0.2) is 0 Å². The summed E-state index contributed by atoms with van der Waals surface area (Å²) in [6.07, 6.45) is 0.956. The maximum absolute atomic E-state index is 12.7. The van der Waals surface area contributed by atoms with Crippen molar-refractivity contribution in [2.24, 2.45) is 0 Å². The summed E-state index contributed by atoms with van der Waals surface area (Å²) in [7, 11) is -0.333. The lowest BCUT2D eigenvalue weighted by Gasteiger charge is -2.34. The summed E-state index contributed by atoms with van der Waals surface area (Å²) in [5.74, 6) is 0.466. The SMILES string of the molecule is COCCCN1CCN(S(=O)(=O)c2ccc(OC)c(Cl)c2)CC1. The first kappa shape index (κ1) is 18.5. The molecule has 1 aliphatic heterocycles. The third-order valence-electron chi connectivity index (χ3n) is 3.92. The van der Waals surface area contributed by atoms with Gasteiger partial charge >= 0.3 is 0 Å². The van der Waals surface area contributed by atoms with Gasteiger partial charge in [-0.05, 0) is 24.6 Å². The van der Waals surface area contributed by atoms with Gasteiger partial charge in [-0.2, -0.15) is 4.31 Å². The van der Waals surface area contributed by atoms with Gasteiger partial charge in [-0.1, -0.05) is 11.6 Å². The number of rotatable bonds is 7. The second-order valence-electron chi connectivity index (χ2n) is 5.39. The minimum Gasteiger partial charge on any atom is -0.495 e. The van der Waals surface area contributed by atoms with Crippen molar-refractivity contribution in [1.29, 1.82) is 0 Å². The van der Waals surface area contributed by atoms with Crippen LogP contribution in [-0.4, -0.2) is 71.2 Å². The molecule has 8 heteroatoms. The van der Waals surface area contributed by atoms with E-state index in [0.29, 0.717) is 23.9 Å². The van der Waals surface area contributed by atoms with Gasteiger partial charge in [0.05, 0.1) is 17.0 Å². The third-order valence-corrected chi connectivity index (χ3v) is 6.11. The molecular formula is C15H23ClN2O4S. The molecule has 1 fully saturated rings. The molecule has 0 spiro atoms. The van der Waals surface area contributed by atoms with Crippen molar-refractivity contribution in [2.75, 3.05) is 53.6 Å². The Morgan fingerprint density at radius 3 is 2.43 bits per heavy atom. The molecule has 0 atom stereocenters. The smallest absolute Gasteiger partial charge is 0.243 e. The topological polar surface area (TPSA) is 59.1 Å². The first-order chi connectivity index (χ1) is 11.0. The van der Waals surface area contributed by atoms with Gasteiger partial charge in [-0.25, -0.2) is 8.42 Å². The Kier molecular flexibility index (Phi) is 6.67. The number of nitrogens with zero attached hydrogens (tertiary/aromatic N) is 2. The highest BCUT2D eigenvalue weighted by molar-refractivity contribution is 7.89. The number of hydrogen-bond acceptors (Lipinski definition) is 5. The van der Waals surface area contributed by atoms with Crippen LogP contribution in [0, 0.1) is 0 Å². The van der Waals surface area contributed by atoms with Crippen molar-refractivity contribution in [3.8, 4) is 5.75 Å². The van der Waals surface area contributed by atoms with E-state index >= 15 is 0 Å². The van der Waals surface area contributed by atoms with Crippen LogP contribution < -0.4 is 4.74 Å². The Morgan fingerprint density at radius 1 is 1.17 bits per heavy atom. The van der Waals surface area contributed by atoms with Gasteiger partial charge < -0.3 is 14.4 Å². The van der Waals surface area contributed by atoms with Gasteiger partial charge in [0, 0.05) is 46.4 Å². The molecule has 1 saturated heterocycles. The molecule has 1 aromatic carbocycles. The first-order valence-corrected chi connectivity index (χ1v) is 9.36. The Morgan fingerprint density at radius 2 is 1.87 bits per heavy atom. The highest BCUT2D eigenvalue weighted by Gasteiger charge is 2.28. The summed E-state index contributed by atoms with van der Waals surface area (Å²) in [6, 6.07) is 4.56. The molecule has 0 N–H and O–H groups in total. The van der Waals surface area contributed by atoms with Crippen LogP contribution in [-0.2, 0) is 14.8 Å². The molecule has 1 aromatic rings. The van der Waals surface area contributed by atoms with E-state index in [2.05, 4.69) is 4.90 Å². The maximum Gasteiger partial charge on any atom is 0.243 e. The van der Waals surface area contributed by atoms with E-state index in [1.54, 1.807) is 13.2 Å². The van der Waals surface area contributed by atoms with Crippen molar-refractivity contribution >= 4 is 21.6 Å². The van der Waals surface area contributed by atoms with Gasteiger partial charge in [0.25, 0.3) is 0 Å². The number of benzene rings is 1. The summed E-state index contributed by atoms with van der Waals surface area (Å²) in [5.41, 5.74) is 0. The highest BCUT2D eigenvalue weighted by Crippen LogP contribution is 2.28. The van der Waals surface area contributed by atoms with Crippen LogP contribution in [0.4, 0.5) is 0 Å². The van der Waals surface area contributed by atoms with E-state index in [1.165, 1.54) is 23.5 Å². The fourth-order valence-corrected chi connectivity index (χ4v) is 4.35. The van der Waals surface area contributed by atoms with Crippen LogP contribution >= 0.6 is 11.6 Å². The normalized spacial score (nSPS) is 17.3. The average Bonchev–Trinajstić information content (AvgIpc) is 2.55. The maximum atomic E-state index is 12.7. The van der Waals surface area contributed by atoms with E-state index in [4.69, 9.17) is 21.1 Å². The van der Waals surface area contributed by atoms with Crippen molar-refractivity contribution in [3.05, 3.63) is 23.2 Å². The molecule has 130 valence electrons. The fourth-order valence-electron chi connectivity index (χ4n) is 2.58. The molecule has 0 saturated carbocycles. The molecular weight excluding hydrogens is 340 g/mol. The Bertz CT molecular complexity index is 616. The third kappa shape index (κ3) is 4.58. The molecule has 0 unspecified atom stereocenters. The van der Waals surface area contributed by atoms with Crippen LogP contribution in [0.15, 0.2) is 23.1 Å². The minimum absolute atomic E-state index is 0.205. The predicted molar refractivity (Wildman–Crippen MR) is 89.7 cm³/mol. The zero-order valence-corrected chi connectivity index (χ0v) is 15.1. The quantitative estimate of drug-likeness (QED) is 0.691. The molecule has 0 bridgehead atoms. The minimum atomic E-state index is -3.52. The van der Waals surface area contributed by atoms with Crippen LogP contribution in [0.2, 0.25) is 5.02 Å². The molecule has 1 aliphatic rings. The number of sulfonamides is 1. The van der Waals surface area contributed by atoms with E-state index in [-0.39, 0.29) is 4.90 Å². The molecule has 0 amide bonds. The van der Waals surface area contributed by atoms with Crippen LogP contribution in [0.5, 0.6) is 5.75 Å². The molecule has 0 aliphatic carbocycles. The lowest BCUT2D eigenvalue weighted by Crippen LogP contribution is -2.48. The zero-order chi connectivity index (χ0) is 16.9. The van der Waals surface area contributed by atoms with Crippen LogP contribution in [0.25, 0.3) is 0 Å². The van der Waals surface area contributed by atoms with Gasteiger partial charge in [-0.15, -0.1) is 0 Å². The largest absolute Gasteiger partial charge is 0.495 e. The predicted octanol–water partition coefficient (Wildman–Crippen LogP) is 1.69. The van der Waals surface area contributed by atoms with Crippen LogP contribution in [0.3, 0.4) is 0 Å². The second kappa shape index (κ2) is 8.30. The Hall–Kier alpha value is -0.860. The number of piperazine rings is 1. The summed E-state index contributed by atoms with van der Waals surface area (Å²) < 4.78 is 37.0. The molecule has 23 heavy (non-hydrogen) atoms. The van der Waals surface area contributed by atoms with E-state index < -0.39 is 10.0 Å². The molecule has 6 nitrogen and oxygen atoms in total. The zero-order valence-electron chi connectivity index (χ0n) is 13.5. The number of hydrogen-bond donors (Lipinski definition) is 0. The fraction of sp³-hybridized carbons (Fsp3) is 0.600. The van der Waals surface area contributed by atoms with E-state index in [9.17, 15) is 8.42 Å². The molecule has 0 aromatic heterocycles. The van der Waals surface area contributed by atoms with Gasteiger partial charge in [0.2, 0.25) is 10.0 Å². The Balaban J connectivity index is 2.00. The monoisotopic (exact) mass is 362 g/mol. The lowest BCUT2D eigenvalue weighted by molar-refractivity contribution is 0.149. The summed E-state index contributed by atoms with van der Waals surface area (Å²) in [4.78, 5) is 2.46. The van der Waals surface area contributed by atoms with Gasteiger partial charge in [-0.3, -0.25) is 0 Å². The molecule has 2 rings (SSSR count). The van der Waals surface area contributed by atoms with Crippen LogP contribution in [0.1, 0.15) is 6.42 Å². The van der Waals surface area contributed by atoms with Crippen molar-refractivity contribution in [2.45, 2.75) is 11.3 Å². The van der Waals surface area contributed by atoms with E-state index in [0.717, 1.165) is 32.7 Å². The molecule has 1 heterocycles. The lowest BCUT2D eigenvalue weighted by atomic mass is 10.3. The summed E-state index contributed by atoms with van der Waals surface area (Å²) in [6.45, 7) is 4.08. The average molecular weight is 363 g/mol. The summed E-state index contributed by atoms with van der Waals surface area (Å²) >= 11 is 6.04. The second-order valence-corrected chi connectivity index (χ2v) is 7.73. The highest BCUT2D eigenvalue weighted by atomic mass is 35.5. The Labute approximate surface area is 143 Å². The van der Waals surface area contributed by atoms with Crippen molar-refractivity contribution < 1.29 is 17.9 Å². The van der Waals surface area contributed by atoms with Gasteiger partial charge in [0.1, 0.15) is 5.75 Å². The number of methoxy groups -OCH3 is 2. The first-order valence-electron chi connectivity index (χ1n) is 7.54.